The van der Waals surface area contributed by atoms with E-state index < -0.39 is 17.2 Å². The quantitative estimate of drug-likeness (QED) is 0.755. The minimum absolute atomic E-state index is 0.0850. The summed E-state index contributed by atoms with van der Waals surface area (Å²) < 4.78 is 0. The van der Waals surface area contributed by atoms with Gasteiger partial charge in [-0.25, -0.2) is 4.98 Å². The van der Waals surface area contributed by atoms with Gasteiger partial charge in [-0.3, -0.25) is 9.59 Å². The van der Waals surface area contributed by atoms with Crippen LogP contribution in [0.3, 0.4) is 0 Å². The van der Waals surface area contributed by atoms with Crippen LogP contribution >= 0.6 is 11.3 Å². The number of aromatic hydroxyl groups is 1. The predicted molar refractivity (Wildman–Crippen MR) is 84.1 cm³/mol. The Morgan fingerprint density at radius 2 is 2.36 bits per heavy atom. The average molecular weight is 317 g/mol. The molecule has 0 saturated heterocycles. The van der Waals surface area contributed by atoms with Crippen LogP contribution in [0.25, 0.3) is 10.7 Å². The van der Waals surface area contributed by atoms with Crippen LogP contribution in [0.4, 0.5) is 0 Å². The second-order valence-electron chi connectivity index (χ2n) is 5.22. The van der Waals surface area contributed by atoms with Crippen molar-refractivity contribution in [1.82, 2.24) is 15.3 Å². The van der Waals surface area contributed by atoms with Gasteiger partial charge in [0.1, 0.15) is 0 Å². The van der Waals surface area contributed by atoms with Gasteiger partial charge in [-0.05, 0) is 31.2 Å². The Morgan fingerprint density at radius 3 is 3.00 bits per heavy atom. The van der Waals surface area contributed by atoms with E-state index in [1.54, 1.807) is 6.07 Å². The molecule has 0 aliphatic heterocycles. The van der Waals surface area contributed by atoms with E-state index in [1.807, 2.05) is 24.4 Å². The standard InChI is InChI=1S/C15H15N3O3S/c1-8-4-5-9(7-8)16-14(20)11-12(19)15(21)18-13(17-11)10-3-2-6-22-10/h2-3,6-7,9,19H,4-5H2,1H3,(H,16,20)(H,17,18,21). The molecule has 1 atom stereocenters. The number of H-pyrrole nitrogens is 1. The van der Waals surface area contributed by atoms with Crippen molar-refractivity contribution in [2.24, 2.45) is 0 Å². The van der Waals surface area contributed by atoms with Crippen LogP contribution in [0, 0.1) is 0 Å². The normalized spacial score (nSPS) is 17.3. The lowest BCUT2D eigenvalue weighted by Crippen LogP contribution is -2.33. The van der Waals surface area contributed by atoms with Crippen molar-refractivity contribution in [1.29, 1.82) is 0 Å². The van der Waals surface area contributed by atoms with Gasteiger partial charge in [0.05, 0.1) is 4.88 Å². The summed E-state index contributed by atoms with van der Waals surface area (Å²) in [5, 5.41) is 14.5. The number of carbonyl (C=O) groups excluding carboxylic acids is 1. The lowest BCUT2D eigenvalue weighted by atomic mass is 10.2. The summed E-state index contributed by atoms with van der Waals surface area (Å²) in [6.45, 7) is 2.00. The Hall–Kier alpha value is -2.41. The second-order valence-corrected chi connectivity index (χ2v) is 6.17. The lowest BCUT2D eigenvalue weighted by Gasteiger charge is -2.11. The number of rotatable bonds is 3. The Kier molecular flexibility index (Phi) is 3.81. The number of aromatic nitrogens is 2. The Morgan fingerprint density at radius 1 is 1.55 bits per heavy atom. The van der Waals surface area contributed by atoms with E-state index in [9.17, 15) is 14.7 Å². The minimum Gasteiger partial charge on any atom is -0.501 e. The van der Waals surface area contributed by atoms with Crippen LogP contribution in [-0.2, 0) is 0 Å². The molecule has 0 fully saturated rings. The van der Waals surface area contributed by atoms with Gasteiger partial charge in [-0.2, -0.15) is 0 Å². The van der Waals surface area contributed by atoms with E-state index in [2.05, 4.69) is 15.3 Å². The third kappa shape index (κ3) is 2.80. The summed E-state index contributed by atoms with van der Waals surface area (Å²) in [7, 11) is 0. The zero-order chi connectivity index (χ0) is 15.7. The fourth-order valence-electron chi connectivity index (χ4n) is 2.40. The van der Waals surface area contributed by atoms with Gasteiger partial charge in [-0.15, -0.1) is 11.3 Å². The van der Waals surface area contributed by atoms with Crippen LogP contribution in [0.2, 0.25) is 0 Å². The maximum Gasteiger partial charge on any atom is 0.294 e. The average Bonchev–Trinajstić information content (AvgIpc) is 3.13. The SMILES string of the molecule is CC1=CC(NC(=O)c2nc(-c3cccs3)[nH]c(=O)c2O)CC1. The first-order valence-corrected chi connectivity index (χ1v) is 7.78. The molecule has 1 unspecified atom stereocenters. The number of hydrogen-bond donors (Lipinski definition) is 3. The highest BCUT2D eigenvalue weighted by atomic mass is 32.1. The maximum atomic E-state index is 12.3. The van der Waals surface area contributed by atoms with Crippen molar-refractivity contribution in [3.8, 4) is 16.5 Å². The topological polar surface area (TPSA) is 95.1 Å². The number of aromatic amines is 1. The molecule has 1 amide bonds. The molecule has 1 aliphatic carbocycles. The van der Waals surface area contributed by atoms with Gasteiger partial charge in [0, 0.05) is 6.04 Å². The van der Waals surface area contributed by atoms with Gasteiger partial charge < -0.3 is 15.4 Å². The number of amides is 1. The number of allylic oxidation sites excluding steroid dienone is 1. The molecule has 0 spiro atoms. The molecule has 3 N–H and O–H groups in total. The minimum atomic E-state index is -0.721. The molecule has 22 heavy (non-hydrogen) atoms. The first-order valence-electron chi connectivity index (χ1n) is 6.90. The molecule has 2 aromatic rings. The molecule has 0 radical (unpaired) electrons. The zero-order valence-corrected chi connectivity index (χ0v) is 12.7. The van der Waals surface area contributed by atoms with Gasteiger partial charge >= 0.3 is 0 Å². The third-order valence-electron chi connectivity index (χ3n) is 3.52. The van der Waals surface area contributed by atoms with Crippen molar-refractivity contribution < 1.29 is 9.90 Å². The van der Waals surface area contributed by atoms with Gasteiger partial charge in [0.2, 0.25) is 5.75 Å². The molecular formula is C15H15N3O3S. The Balaban J connectivity index is 1.92. The molecule has 3 rings (SSSR count). The summed E-state index contributed by atoms with van der Waals surface area (Å²) in [5.74, 6) is -0.921. The summed E-state index contributed by atoms with van der Waals surface area (Å²) in [5.41, 5.74) is 0.250. The molecule has 2 heterocycles. The highest BCUT2D eigenvalue weighted by Crippen LogP contribution is 2.22. The largest absolute Gasteiger partial charge is 0.501 e. The second kappa shape index (κ2) is 5.76. The van der Waals surface area contributed by atoms with E-state index in [4.69, 9.17) is 0 Å². The summed E-state index contributed by atoms with van der Waals surface area (Å²) in [6.07, 6.45) is 3.72. The van der Waals surface area contributed by atoms with Crippen molar-refractivity contribution in [3.63, 3.8) is 0 Å². The number of hydrogen-bond acceptors (Lipinski definition) is 5. The number of thiophene rings is 1. The van der Waals surface area contributed by atoms with Crippen LogP contribution in [0.5, 0.6) is 5.75 Å². The van der Waals surface area contributed by atoms with E-state index in [-0.39, 0.29) is 17.6 Å². The van der Waals surface area contributed by atoms with Gasteiger partial charge in [-0.1, -0.05) is 17.7 Å². The molecule has 0 bridgehead atoms. The zero-order valence-electron chi connectivity index (χ0n) is 11.9. The highest BCUT2D eigenvalue weighted by Gasteiger charge is 2.22. The van der Waals surface area contributed by atoms with Crippen LogP contribution in [0.1, 0.15) is 30.3 Å². The van der Waals surface area contributed by atoms with E-state index in [0.717, 1.165) is 17.7 Å². The fourth-order valence-corrected chi connectivity index (χ4v) is 3.07. The number of nitrogens with zero attached hydrogens (tertiary/aromatic N) is 1. The van der Waals surface area contributed by atoms with E-state index >= 15 is 0 Å². The first kappa shape index (κ1) is 14.5. The van der Waals surface area contributed by atoms with E-state index in [1.165, 1.54) is 16.9 Å². The molecule has 1 aliphatic rings. The van der Waals surface area contributed by atoms with Crippen molar-refractivity contribution >= 4 is 17.2 Å². The molecule has 0 saturated carbocycles. The van der Waals surface area contributed by atoms with Crippen molar-refractivity contribution in [2.45, 2.75) is 25.8 Å². The van der Waals surface area contributed by atoms with Crippen molar-refractivity contribution in [2.75, 3.05) is 0 Å². The molecular weight excluding hydrogens is 302 g/mol. The predicted octanol–water partition coefficient (Wildman–Crippen LogP) is 2.04. The van der Waals surface area contributed by atoms with Gasteiger partial charge in [0.25, 0.3) is 11.5 Å². The highest BCUT2D eigenvalue weighted by molar-refractivity contribution is 7.13. The molecule has 2 aromatic heterocycles. The molecule has 0 aromatic carbocycles. The number of nitrogens with one attached hydrogen (secondary N) is 2. The lowest BCUT2D eigenvalue weighted by molar-refractivity contribution is 0.0936. The summed E-state index contributed by atoms with van der Waals surface area (Å²) in [6, 6.07) is 3.52. The molecule has 6 nitrogen and oxygen atoms in total. The van der Waals surface area contributed by atoms with Crippen LogP contribution < -0.4 is 10.9 Å². The summed E-state index contributed by atoms with van der Waals surface area (Å²) in [4.78, 5) is 31.4. The van der Waals surface area contributed by atoms with Crippen LogP contribution in [0.15, 0.2) is 34.0 Å². The Bertz CT molecular complexity index is 793. The fraction of sp³-hybridized carbons (Fsp3) is 0.267. The monoisotopic (exact) mass is 317 g/mol. The van der Waals surface area contributed by atoms with Crippen LogP contribution in [-0.4, -0.2) is 27.0 Å². The molecule has 114 valence electrons. The van der Waals surface area contributed by atoms with Gasteiger partial charge in [0.15, 0.2) is 11.5 Å². The first-order chi connectivity index (χ1) is 10.5. The van der Waals surface area contributed by atoms with Crippen molar-refractivity contribution in [3.05, 3.63) is 45.2 Å². The van der Waals surface area contributed by atoms with E-state index in [0.29, 0.717) is 0 Å². The Labute approximate surface area is 130 Å². The third-order valence-corrected chi connectivity index (χ3v) is 4.39. The summed E-state index contributed by atoms with van der Waals surface area (Å²) >= 11 is 1.39. The maximum absolute atomic E-state index is 12.3. The molecule has 7 heteroatoms. The smallest absolute Gasteiger partial charge is 0.294 e. The number of carbonyl (C=O) groups is 1.